The van der Waals surface area contributed by atoms with Gasteiger partial charge in [0, 0.05) is 12.8 Å². The molecule has 12 heteroatoms. The van der Waals surface area contributed by atoms with E-state index in [2.05, 4.69) is 9.72 Å². The number of aromatic nitrogens is 2. The van der Waals surface area contributed by atoms with Crippen molar-refractivity contribution in [1.29, 1.82) is 5.26 Å². The summed E-state index contributed by atoms with van der Waals surface area (Å²) < 4.78 is 86.3. The molecule has 1 aromatic carbocycles. The van der Waals surface area contributed by atoms with E-state index in [1.54, 1.807) is 13.0 Å². The lowest BCUT2D eigenvalue weighted by atomic mass is 10.1. The van der Waals surface area contributed by atoms with Crippen molar-refractivity contribution in [2.75, 3.05) is 6.61 Å². The first kappa shape index (κ1) is 24.0. The molecular weight excluding hydrogens is 432 g/mol. The summed E-state index contributed by atoms with van der Waals surface area (Å²) in [5.41, 5.74) is -1.13. The molecule has 0 radical (unpaired) electrons. The van der Waals surface area contributed by atoms with Crippen molar-refractivity contribution in [1.82, 2.24) is 9.55 Å². The van der Waals surface area contributed by atoms with Gasteiger partial charge in [-0.05, 0) is 31.0 Å². The molecule has 0 atom stereocenters. The van der Waals surface area contributed by atoms with E-state index in [-0.39, 0.29) is 41.5 Å². The third-order valence-corrected chi connectivity index (χ3v) is 4.03. The molecule has 0 aliphatic carbocycles. The van der Waals surface area contributed by atoms with Gasteiger partial charge in [-0.1, -0.05) is 13.0 Å². The number of carbonyl (C=O) groups is 1. The first-order valence-electron chi connectivity index (χ1n) is 9.04. The van der Waals surface area contributed by atoms with Crippen LogP contribution in [-0.2, 0) is 17.6 Å². The average Bonchev–Trinajstić information content (AvgIpc) is 3.03. The van der Waals surface area contributed by atoms with Gasteiger partial charge in [0.1, 0.15) is 11.9 Å². The zero-order chi connectivity index (χ0) is 23.4. The summed E-state index contributed by atoms with van der Waals surface area (Å²) in [6.07, 6.45) is -11.3. The highest BCUT2D eigenvalue weighted by atomic mass is 19.4. The number of imidazole rings is 1. The first-order chi connectivity index (χ1) is 14.4. The zero-order valence-corrected chi connectivity index (χ0v) is 16.4. The van der Waals surface area contributed by atoms with Crippen molar-refractivity contribution in [2.45, 2.75) is 45.6 Å². The van der Waals surface area contributed by atoms with Crippen molar-refractivity contribution in [2.24, 2.45) is 0 Å². The second-order valence-corrected chi connectivity index (χ2v) is 6.21. The number of hydrogen-bond acceptors (Lipinski definition) is 5. The molecule has 168 valence electrons. The van der Waals surface area contributed by atoms with Crippen molar-refractivity contribution < 1.29 is 40.6 Å². The highest BCUT2D eigenvalue weighted by molar-refractivity contribution is 5.90. The quantitative estimate of drug-likeness (QED) is 0.445. The molecule has 0 saturated heterocycles. The summed E-state index contributed by atoms with van der Waals surface area (Å²) in [5.74, 6) is -1.70. The number of ether oxygens (including phenoxy) is 2. The number of hydrogen-bond donors (Lipinski definition) is 0. The third kappa shape index (κ3) is 6.13. The minimum atomic E-state index is -5.15. The fourth-order valence-corrected chi connectivity index (χ4v) is 2.80. The molecule has 2 rings (SSSR count). The fourth-order valence-electron chi connectivity index (χ4n) is 2.80. The number of nitrogens with zero attached hydrogens (tertiary/aromatic N) is 3. The lowest BCUT2D eigenvalue weighted by molar-refractivity contribution is -0.274. The van der Waals surface area contributed by atoms with Gasteiger partial charge in [-0.3, -0.25) is 4.57 Å². The van der Waals surface area contributed by atoms with Crippen LogP contribution in [-0.4, -0.2) is 34.7 Å². The van der Waals surface area contributed by atoms with Gasteiger partial charge in [-0.15, -0.1) is 13.2 Å². The van der Waals surface area contributed by atoms with Gasteiger partial charge in [0.25, 0.3) is 0 Å². The van der Waals surface area contributed by atoms with Gasteiger partial charge < -0.3 is 9.47 Å². The van der Waals surface area contributed by atoms with Crippen LogP contribution in [0.1, 0.15) is 47.8 Å². The van der Waals surface area contributed by atoms with Gasteiger partial charge in [0.05, 0.1) is 12.3 Å². The molecule has 2 aromatic rings. The standard InChI is InChI=1S/C19H17F6N3O3/c1-3-15-27-16(17(29)30-4-2)13(10-26)28(15)12-6-5-11(7-8-18(20,21)22)9-14(12)31-19(23,24)25/h5-6,9H,3-4,7-8H2,1-2H3. The van der Waals surface area contributed by atoms with Gasteiger partial charge in [0.15, 0.2) is 17.1 Å². The number of halogens is 6. The predicted octanol–water partition coefficient (Wildman–Crippen LogP) is 4.88. The van der Waals surface area contributed by atoms with Crippen molar-refractivity contribution in [3.05, 3.63) is 41.0 Å². The average molecular weight is 449 g/mol. The number of carbonyl (C=O) groups excluding carboxylic acids is 1. The maximum Gasteiger partial charge on any atom is 0.573 e. The molecule has 0 unspecified atom stereocenters. The number of esters is 1. The number of aryl methyl sites for hydroxylation is 2. The van der Waals surface area contributed by atoms with E-state index < -0.39 is 37.1 Å². The maximum absolute atomic E-state index is 13.0. The molecule has 0 N–H and O–H groups in total. The fraction of sp³-hybridized carbons (Fsp3) is 0.421. The van der Waals surface area contributed by atoms with Crippen LogP contribution in [0.5, 0.6) is 5.75 Å². The van der Waals surface area contributed by atoms with Crippen LogP contribution in [0.3, 0.4) is 0 Å². The highest BCUT2D eigenvalue weighted by Crippen LogP contribution is 2.34. The van der Waals surface area contributed by atoms with Crippen molar-refractivity contribution in [3.63, 3.8) is 0 Å². The Morgan fingerprint density at radius 3 is 2.39 bits per heavy atom. The van der Waals surface area contributed by atoms with Gasteiger partial charge in [0.2, 0.25) is 0 Å². The molecule has 0 spiro atoms. The van der Waals surface area contributed by atoms with Crippen molar-refractivity contribution >= 4 is 5.97 Å². The SMILES string of the molecule is CCOC(=O)c1nc(CC)n(-c2ccc(CCC(F)(F)F)cc2OC(F)(F)F)c1C#N. The smallest absolute Gasteiger partial charge is 0.461 e. The number of nitriles is 1. The molecule has 1 heterocycles. The molecule has 0 bridgehead atoms. The Balaban J connectivity index is 2.66. The number of benzene rings is 1. The molecule has 6 nitrogen and oxygen atoms in total. The molecule has 0 amide bonds. The van der Waals surface area contributed by atoms with E-state index in [0.717, 1.165) is 16.7 Å². The van der Waals surface area contributed by atoms with Gasteiger partial charge >= 0.3 is 18.5 Å². The molecular formula is C19H17F6N3O3. The van der Waals surface area contributed by atoms with E-state index in [4.69, 9.17) is 4.74 Å². The monoisotopic (exact) mass is 449 g/mol. The first-order valence-corrected chi connectivity index (χ1v) is 9.04. The van der Waals surface area contributed by atoms with E-state index in [1.807, 2.05) is 0 Å². The maximum atomic E-state index is 13.0. The Morgan fingerprint density at radius 2 is 1.87 bits per heavy atom. The summed E-state index contributed by atoms with van der Waals surface area (Å²) >= 11 is 0. The van der Waals surface area contributed by atoms with Crippen LogP contribution in [0.25, 0.3) is 5.69 Å². The molecule has 0 fully saturated rings. The Hall–Kier alpha value is -3.23. The van der Waals surface area contributed by atoms with E-state index in [9.17, 15) is 36.4 Å². The van der Waals surface area contributed by atoms with Gasteiger partial charge in [-0.25, -0.2) is 9.78 Å². The molecule has 0 saturated carbocycles. The molecule has 0 aliphatic heterocycles. The normalized spacial score (nSPS) is 11.8. The third-order valence-electron chi connectivity index (χ3n) is 4.03. The van der Waals surface area contributed by atoms with Gasteiger partial charge in [-0.2, -0.15) is 18.4 Å². The lowest BCUT2D eigenvalue weighted by Crippen LogP contribution is -2.19. The van der Waals surface area contributed by atoms with Crippen LogP contribution in [0.4, 0.5) is 26.3 Å². The number of rotatable bonds is 7. The molecule has 31 heavy (non-hydrogen) atoms. The van der Waals surface area contributed by atoms with E-state index in [0.29, 0.717) is 0 Å². The van der Waals surface area contributed by atoms with Crippen LogP contribution in [0, 0.1) is 11.3 Å². The van der Waals surface area contributed by atoms with Crippen LogP contribution in [0.15, 0.2) is 18.2 Å². The Bertz CT molecular complexity index is 989. The van der Waals surface area contributed by atoms with Crippen LogP contribution in [0.2, 0.25) is 0 Å². The zero-order valence-electron chi connectivity index (χ0n) is 16.4. The topological polar surface area (TPSA) is 77.1 Å². The Labute approximate surface area is 173 Å². The number of alkyl halides is 6. The second-order valence-electron chi connectivity index (χ2n) is 6.21. The Morgan fingerprint density at radius 1 is 1.19 bits per heavy atom. The minimum absolute atomic E-state index is 0.0195. The summed E-state index contributed by atoms with van der Waals surface area (Å²) in [6.45, 7) is 3.10. The lowest BCUT2D eigenvalue weighted by Gasteiger charge is -2.17. The largest absolute Gasteiger partial charge is 0.573 e. The van der Waals surface area contributed by atoms with E-state index >= 15 is 0 Å². The van der Waals surface area contributed by atoms with Crippen LogP contribution < -0.4 is 4.74 Å². The Kier molecular flexibility index (Phi) is 7.20. The minimum Gasteiger partial charge on any atom is -0.461 e. The van der Waals surface area contributed by atoms with Crippen molar-refractivity contribution in [3.8, 4) is 17.5 Å². The molecule has 1 aromatic heterocycles. The summed E-state index contributed by atoms with van der Waals surface area (Å²) in [4.78, 5) is 16.1. The summed E-state index contributed by atoms with van der Waals surface area (Å²) in [7, 11) is 0. The second kappa shape index (κ2) is 9.28. The van der Waals surface area contributed by atoms with E-state index in [1.165, 1.54) is 13.0 Å². The highest BCUT2D eigenvalue weighted by Gasteiger charge is 2.34. The molecule has 0 aliphatic rings. The van der Waals surface area contributed by atoms with Crippen LogP contribution >= 0.6 is 0 Å². The predicted molar refractivity (Wildman–Crippen MR) is 94.7 cm³/mol. The summed E-state index contributed by atoms with van der Waals surface area (Å²) in [6, 6.07) is 4.82. The summed E-state index contributed by atoms with van der Waals surface area (Å²) in [5, 5.41) is 9.53.